The summed E-state index contributed by atoms with van der Waals surface area (Å²) >= 11 is 0. The van der Waals surface area contributed by atoms with Crippen molar-refractivity contribution in [3.8, 4) is 0 Å². The summed E-state index contributed by atoms with van der Waals surface area (Å²) in [6.45, 7) is 0.738. The molecule has 4 nitrogen and oxygen atoms in total. The number of ketones is 2. The van der Waals surface area contributed by atoms with E-state index in [2.05, 4.69) is 0 Å². The van der Waals surface area contributed by atoms with Crippen LogP contribution in [0.1, 0.15) is 51.4 Å². The molecule has 0 aromatic rings. The average Bonchev–Trinajstić information content (AvgIpc) is 2.62. The summed E-state index contributed by atoms with van der Waals surface area (Å²) in [5.41, 5.74) is 0. The first kappa shape index (κ1) is 13.7. The Morgan fingerprint density at radius 2 is 2.00 bits per heavy atom. The molecule has 0 spiro atoms. The second-order valence-corrected chi connectivity index (χ2v) is 5.19. The van der Waals surface area contributed by atoms with E-state index in [4.69, 9.17) is 9.47 Å². The van der Waals surface area contributed by atoms with Gasteiger partial charge in [-0.25, -0.2) is 0 Å². The summed E-state index contributed by atoms with van der Waals surface area (Å²) in [6.07, 6.45) is 6.97. The van der Waals surface area contributed by atoms with E-state index >= 15 is 0 Å². The van der Waals surface area contributed by atoms with Gasteiger partial charge in [-0.1, -0.05) is 12.8 Å². The first-order chi connectivity index (χ1) is 8.77. The zero-order chi connectivity index (χ0) is 12.8. The lowest BCUT2D eigenvalue weighted by atomic mass is 9.94. The predicted octanol–water partition coefficient (Wildman–Crippen LogP) is 2.25. The van der Waals surface area contributed by atoms with Crippen LogP contribution in [0.25, 0.3) is 0 Å². The summed E-state index contributed by atoms with van der Waals surface area (Å²) in [5.74, 6) is -0.377. The van der Waals surface area contributed by atoms with Gasteiger partial charge in [-0.2, -0.15) is 0 Å². The van der Waals surface area contributed by atoms with Crippen LogP contribution < -0.4 is 0 Å². The Morgan fingerprint density at radius 3 is 2.78 bits per heavy atom. The summed E-state index contributed by atoms with van der Waals surface area (Å²) in [7, 11) is 0. The largest absolute Gasteiger partial charge is 0.353 e. The van der Waals surface area contributed by atoms with E-state index in [0.717, 1.165) is 38.5 Å². The number of hydrogen-bond acceptors (Lipinski definition) is 4. The molecule has 1 heterocycles. The van der Waals surface area contributed by atoms with Crippen molar-refractivity contribution in [2.75, 3.05) is 13.2 Å². The van der Waals surface area contributed by atoms with E-state index in [1.165, 1.54) is 0 Å². The molecule has 1 saturated carbocycles. The highest BCUT2D eigenvalue weighted by Crippen LogP contribution is 2.21. The fourth-order valence-corrected chi connectivity index (χ4v) is 2.62. The van der Waals surface area contributed by atoms with Gasteiger partial charge in [0.25, 0.3) is 0 Å². The van der Waals surface area contributed by atoms with Crippen LogP contribution in [0.15, 0.2) is 0 Å². The topological polar surface area (TPSA) is 52.6 Å². The lowest BCUT2D eigenvalue weighted by Gasteiger charge is -2.23. The molecule has 0 N–H and O–H groups in total. The van der Waals surface area contributed by atoms with Gasteiger partial charge in [0.1, 0.15) is 12.4 Å². The van der Waals surface area contributed by atoms with E-state index < -0.39 is 5.92 Å². The van der Waals surface area contributed by atoms with E-state index in [0.29, 0.717) is 19.4 Å². The quantitative estimate of drug-likeness (QED) is 0.570. The van der Waals surface area contributed by atoms with Gasteiger partial charge in [0.15, 0.2) is 12.1 Å². The van der Waals surface area contributed by atoms with Gasteiger partial charge in [0.2, 0.25) is 0 Å². The molecule has 2 rings (SSSR count). The van der Waals surface area contributed by atoms with Crippen LogP contribution in [-0.2, 0) is 19.1 Å². The van der Waals surface area contributed by atoms with Crippen LogP contribution in [-0.4, -0.2) is 31.1 Å². The molecular weight excluding hydrogens is 232 g/mol. The van der Waals surface area contributed by atoms with Gasteiger partial charge in [-0.15, -0.1) is 0 Å². The molecule has 0 radical (unpaired) electrons. The molecule has 102 valence electrons. The van der Waals surface area contributed by atoms with Crippen molar-refractivity contribution in [1.29, 1.82) is 0 Å². The lowest BCUT2D eigenvalue weighted by molar-refractivity contribution is -0.171. The third-order valence-corrected chi connectivity index (χ3v) is 3.74. The minimum absolute atomic E-state index is 0.0288. The summed E-state index contributed by atoms with van der Waals surface area (Å²) in [6, 6.07) is 0. The highest BCUT2D eigenvalue weighted by atomic mass is 16.7. The number of hydrogen-bond donors (Lipinski definition) is 0. The zero-order valence-electron chi connectivity index (χ0n) is 10.9. The Bertz CT molecular complexity index is 294. The van der Waals surface area contributed by atoms with Crippen molar-refractivity contribution in [3.05, 3.63) is 0 Å². The van der Waals surface area contributed by atoms with E-state index in [1.54, 1.807) is 0 Å². The normalized spacial score (nSPS) is 29.9. The second kappa shape index (κ2) is 7.00. The van der Waals surface area contributed by atoms with Crippen LogP contribution >= 0.6 is 0 Å². The molecule has 4 heteroatoms. The van der Waals surface area contributed by atoms with Crippen molar-refractivity contribution in [3.63, 3.8) is 0 Å². The van der Waals surface area contributed by atoms with Crippen molar-refractivity contribution < 1.29 is 19.1 Å². The van der Waals surface area contributed by atoms with Crippen LogP contribution in [0.4, 0.5) is 0 Å². The van der Waals surface area contributed by atoms with E-state index in [1.807, 2.05) is 0 Å². The highest BCUT2D eigenvalue weighted by molar-refractivity contribution is 6.03. The second-order valence-electron chi connectivity index (χ2n) is 5.19. The Morgan fingerprint density at radius 1 is 1.17 bits per heavy atom. The van der Waals surface area contributed by atoms with Gasteiger partial charge in [-0.05, 0) is 32.1 Å². The van der Waals surface area contributed by atoms with Crippen LogP contribution in [0.3, 0.4) is 0 Å². The van der Waals surface area contributed by atoms with Gasteiger partial charge >= 0.3 is 0 Å². The van der Waals surface area contributed by atoms with Gasteiger partial charge in [-0.3, -0.25) is 9.59 Å². The van der Waals surface area contributed by atoms with Crippen molar-refractivity contribution in [1.82, 2.24) is 0 Å². The van der Waals surface area contributed by atoms with Crippen LogP contribution in [0.5, 0.6) is 0 Å². The molecule has 0 bridgehead atoms. The fourth-order valence-electron chi connectivity index (χ4n) is 2.62. The lowest BCUT2D eigenvalue weighted by Crippen LogP contribution is -2.30. The molecule has 1 saturated heterocycles. The molecular formula is C14H22O4. The van der Waals surface area contributed by atoms with Gasteiger partial charge in [0, 0.05) is 13.0 Å². The predicted molar refractivity (Wildman–Crippen MR) is 66.1 cm³/mol. The van der Waals surface area contributed by atoms with E-state index in [9.17, 15) is 9.59 Å². The van der Waals surface area contributed by atoms with E-state index in [-0.39, 0.29) is 24.5 Å². The van der Waals surface area contributed by atoms with Crippen molar-refractivity contribution in [2.24, 2.45) is 5.92 Å². The molecule has 0 amide bonds. The number of Topliss-reactive ketones (excluding diaryl/α,β-unsaturated/α-hetero) is 2. The fraction of sp³-hybridized carbons (Fsp3) is 0.857. The summed E-state index contributed by atoms with van der Waals surface area (Å²) < 4.78 is 10.9. The van der Waals surface area contributed by atoms with Crippen molar-refractivity contribution >= 4 is 11.6 Å². The minimum atomic E-state index is -0.420. The zero-order valence-corrected chi connectivity index (χ0v) is 10.9. The molecule has 2 atom stereocenters. The maximum Gasteiger partial charge on any atom is 0.169 e. The Kier molecular flexibility index (Phi) is 5.32. The highest BCUT2D eigenvalue weighted by Gasteiger charge is 2.28. The third kappa shape index (κ3) is 3.89. The number of carbonyl (C=O) groups excluding carboxylic acids is 2. The first-order valence-electron chi connectivity index (χ1n) is 7.06. The molecule has 0 unspecified atom stereocenters. The molecule has 18 heavy (non-hydrogen) atoms. The molecule has 1 aliphatic heterocycles. The molecule has 1 aliphatic carbocycles. The first-order valence-corrected chi connectivity index (χ1v) is 7.06. The molecule has 0 aromatic heterocycles. The SMILES string of the molecule is O=C1CCCCC[C@H]1C(=O)CO[C@H]1CCCCO1. The summed E-state index contributed by atoms with van der Waals surface area (Å²) in [5, 5.41) is 0. The smallest absolute Gasteiger partial charge is 0.169 e. The average molecular weight is 254 g/mol. The standard InChI is InChI=1S/C14H22O4/c15-12-7-3-1-2-6-11(12)13(16)10-18-14-8-4-5-9-17-14/h11,14H,1-10H2/t11-,14+/m1/s1. The van der Waals surface area contributed by atoms with Crippen molar-refractivity contribution in [2.45, 2.75) is 57.7 Å². The summed E-state index contributed by atoms with van der Waals surface area (Å²) in [4.78, 5) is 23.8. The van der Waals surface area contributed by atoms with Gasteiger partial charge < -0.3 is 9.47 Å². The van der Waals surface area contributed by atoms with Crippen LogP contribution in [0, 0.1) is 5.92 Å². The molecule has 2 fully saturated rings. The molecule has 0 aromatic carbocycles. The maximum atomic E-state index is 12.0. The maximum absolute atomic E-state index is 12.0. The Labute approximate surface area is 108 Å². The number of rotatable bonds is 4. The minimum Gasteiger partial charge on any atom is -0.353 e. The van der Waals surface area contributed by atoms with Crippen LogP contribution in [0.2, 0.25) is 0 Å². The third-order valence-electron chi connectivity index (χ3n) is 3.74. The monoisotopic (exact) mass is 254 g/mol. The van der Waals surface area contributed by atoms with Gasteiger partial charge in [0.05, 0.1) is 5.92 Å². The Balaban J connectivity index is 1.77. The number of carbonyl (C=O) groups is 2. The number of ether oxygens (including phenoxy) is 2. The molecule has 2 aliphatic rings. The Hall–Kier alpha value is -0.740.